The molecule has 0 spiro atoms. The summed E-state index contributed by atoms with van der Waals surface area (Å²) in [6, 6.07) is 31.3. The molecule has 4 rings (SSSR count). The zero-order valence-electron chi connectivity index (χ0n) is 17.3. The summed E-state index contributed by atoms with van der Waals surface area (Å²) in [6.45, 7) is 0. The van der Waals surface area contributed by atoms with Crippen LogP contribution < -0.4 is 20.9 Å². The van der Waals surface area contributed by atoms with E-state index in [9.17, 15) is 0 Å². The summed E-state index contributed by atoms with van der Waals surface area (Å²) < 4.78 is 11.7. The molecule has 0 aliphatic rings. The highest BCUT2D eigenvalue weighted by atomic mass is 16.5. The van der Waals surface area contributed by atoms with Gasteiger partial charge in [0.1, 0.15) is 23.0 Å². The molecule has 0 bridgehead atoms. The molecule has 0 heterocycles. The second-order valence-electron chi connectivity index (χ2n) is 7.48. The highest BCUT2D eigenvalue weighted by molar-refractivity contribution is 5.44. The van der Waals surface area contributed by atoms with Crippen LogP contribution in [0.15, 0.2) is 97.1 Å². The van der Waals surface area contributed by atoms with Crippen molar-refractivity contribution in [2.24, 2.45) is 0 Å². The standard InChI is InChI=1S/C27H26N2O2/c28-22-8-16-26(17-9-22)30-24-12-4-20(5-13-24)2-1-3-21-6-14-25(15-7-21)31-27-18-10-23(29)11-19-27/h4-19H,1-3,28-29H2. The van der Waals surface area contributed by atoms with E-state index in [1.165, 1.54) is 11.1 Å². The van der Waals surface area contributed by atoms with Crippen molar-refractivity contribution in [1.82, 2.24) is 0 Å². The summed E-state index contributed by atoms with van der Waals surface area (Å²) in [4.78, 5) is 0. The molecular formula is C27H26N2O2. The summed E-state index contributed by atoms with van der Waals surface area (Å²) in [5.74, 6) is 3.21. The van der Waals surface area contributed by atoms with Gasteiger partial charge in [0.25, 0.3) is 0 Å². The summed E-state index contributed by atoms with van der Waals surface area (Å²) in [5.41, 5.74) is 15.5. The third-order valence-electron chi connectivity index (χ3n) is 5.01. The lowest BCUT2D eigenvalue weighted by Crippen LogP contribution is -1.92. The molecule has 0 unspecified atom stereocenters. The van der Waals surface area contributed by atoms with Gasteiger partial charge in [0.2, 0.25) is 0 Å². The number of aryl methyl sites for hydroxylation is 2. The first-order chi connectivity index (χ1) is 15.1. The Kier molecular flexibility index (Phi) is 6.38. The molecule has 4 aromatic carbocycles. The summed E-state index contributed by atoms with van der Waals surface area (Å²) in [5, 5.41) is 0. The highest BCUT2D eigenvalue weighted by Crippen LogP contribution is 2.24. The van der Waals surface area contributed by atoms with E-state index in [0.717, 1.165) is 53.6 Å². The largest absolute Gasteiger partial charge is 0.457 e. The average Bonchev–Trinajstić information content (AvgIpc) is 2.79. The van der Waals surface area contributed by atoms with Gasteiger partial charge in [0.05, 0.1) is 0 Å². The number of anilines is 2. The Balaban J connectivity index is 1.24. The van der Waals surface area contributed by atoms with E-state index in [2.05, 4.69) is 24.3 Å². The van der Waals surface area contributed by atoms with Gasteiger partial charge < -0.3 is 20.9 Å². The molecule has 0 radical (unpaired) electrons. The van der Waals surface area contributed by atoms with Crippen LogP contribution in [0.1, 0.15) is 17.5 Å². The van der Waals surface area contributed by atoms with E-state index in [-0.39, 0.29) is 0 Å². The quantitative estimate of drug-likeness (QED) is 0.321. The van der Waals surface area contributed by atoms with Crippen molar-refractivity contribution < 1.29 is 9.47 Å². The van der Waals surface area contributed by atoms with Crippen LogP contribution >= 0.6 is 0 Å². The van der Waals surface area contributed by atoms with Crippen molar-refractivity contribution in [2.75, 3.05) is 11.5 Å². The molecule has 4 heteroatoms. The SMILES string of the molecule is Nc1ccc(Oc2ccc(CCCc3ccc(Oc4ccc(N)cc4)cc3)cc2)cc1. The van der Waals surface area contributed by atoms with Crippen molar-refractivity contribution in [3.8, 4) is 23.0 Å². The van der Waals surface area contributed by atoms with Crippen LogP contribution in [0.25, 0.3) is 0 Å². The van der Waals surface area contributed by atoms with Crippen LogP contribution in [-0.4, -0.2) is 0 Å². The van der Waals surface area contributed by atoms with E-state index >= 15 is 0 Å². The minimum absolute atomic E-state index is 0.728. The van der Waals surface area contributed by atoms with Crippen LogP contribution in [0.4, 0.5) is 11.4 Å². The molecule has 0 amide bonds. The fourth-order valence-electron chi connectivity index (χ4n) is 3.29. The Morgan fingerprint density at radius 3 is 1.03 bits per heavy atom. The predicted octanol–water partition coefficient (Wildman–Crippen LogP) is 6.61. The van der Waals surface area contributed by atoms with Crippen molar-refractivity contribution in [3.05, 3.63) is 108 Å². The fourth-order valence-corrected chi connectivity index (χ4v) is 3.29. The monoisotopic (exact) mass is 410 g/mol. The average molecular weight is 411 g/mol. The molecule has 4 aromatic rings. The van der Waals surface area contributed by atoms with Crippen molar-refractivity contribution in [1.29, 1.82) is 0 Å². The molecule has 0 atom stereocenters. The van der Waals surface area contributed by atoms with E-state index < -0.39 is 0 Å². The topological polar surface area (TPSA) is 70.5 Å². The number of benzene rings is 4. The molecule has 4 N–H and O–H groups in total. The fraction of sp³-hybridized carbons (Fsp3) is 0.111. The summed E-state index contributed by atoms with van der Waals surface area (Å²) in [7, 11) is 0. The lowest BCUT2D eigenvalue weighted by molar-refractivity contribution is 0.482. The molecule has 0 saturated carbocycles. The zero-order valence-corrected chi connectivity index (χ0v) is 17.3. The van der Waals surface area contributed by atoms with Gasteiger partial charge in [0, 0.05) is 11.4 Å². The van der Waals surface area contributed by atoms with Gasteiger partial charge >= 0.3 is 0 Å². The minimum Gasteiger partial charge on any atom is -0.457 e. The first-order valence-electron chi connectivity index (χ1n) is 10.4. The molecule has 4 nitrogen and oxygen atoms in total. The molecule has 0 aliphatic carbocycles. The highest BCUT2D eigenvalue weighted by Gasteiger charge is 2.01. The van der Waals surface area contributed by atoms with E-state index in [4.69, 9.17) is 20.9 Å². The van der Waals surface area contributed by atoms with Crippen molar-refractivity contribution in [3.63, 3.8) is 0 Å². The van der Waals surface area contributed by atoms with Crippen molar-refractivity contribution in [2.45, 2.75) is 19.3 Å². The van der Waals surface area contributed by atoms with E-state index in [0.29, 0.717) is 0 Å². The third kappa shape index (κ3) is 6.03. The smallest absolute Gasteiger partial charge is 0.127 e. The van der Waals surface area contributed by atoms with Crippen LogP contribution in [0, 0.1) is 0 Å². The molecule has 31 heavy (non-hydrogen) atoms. The third-order valence-corrected chi connectivity index (χ3v) is 5.01. The van der Waals surface area contributed by atoms with Gasteiger partial charge in [-0.05, 0) is 103 Å². The second-order valence-corrected chi connectivity index (χ2v) is 7.48. The zero-order chi connectivity index (χ0) is 21.5. The maximum absolute atomic E-state index is 5.85. The number of nitrogens with two attached hydrogens (primary N) is 2. The van der Waals surface area contributed by atoms with Gasteiger partial charge in [-0.25, -0.2) is 0 Å². The Bertz CT molecular complexity index is 997. The Hall–Kier alpha value is -3.92. The number of hydrogen-bond acceptors (Lipinski definition) is 4. The number of ether oxygens (including phenoxy) is 2. The van der Waals surface area contributed by atoms with Crippen LogP contribution in [0.5, 0.6) is 23.0 Å². The minimum atomic E-state index is 0.728. The number of hydrogen-bond donors (Lipinski definition) is 2. The van der Waals surface area contributed by atoms with Gasteiger partial charge in [-0.15, -0.1) is 0 Å². The molecule has 0 aliphatic heterocycles. The Morgan fingerprint density at radius 2 is 0.710 bits per heavy atom. The number of rotatable bonds is 8. The van der Waals surface area contributed by atoms with Gasteiger partial charge in [-0.1, -0.05) is 24.3 Å². The predicted molar refractivity (Wildman–Crippen MR) is 127 cm³/mol. The Morgan fingerprint density at radius 1 is 0.419 bits per heavy atom. The van der Waals surface area contributed by atoms with Crippen LogP contribution in [-0.2, 0) is 12.8 Å². The van der Waals surface area contributed by atoms with E-state index in [1.54, 1.807) is 0 Å². The lowest BCUT2D eigenvalue weighted by Gasteiger charge is -2.08. The maximum atomic E-state index is 5.85. The summed E-state index contributed by atoms with van der Waals surface area (Å²) >= 11 is 0. The molecule has 156 valence electrons. The van der Waals surface area contributed by atoms with E-state index in [1.807, 2.05) is 72.8 Å². The first kappa shape index (κ1) is 20.4. The molecule has 0 fully saturated rings. The van der Waals surface area contributed by atoms with Crippen LogP contribution in [0.2, 0.25) is 0 Å². The molecule has 0 aromatic heterocycles. The molecule has 0 saturated heterocycles. The Labute approximate surface area is 183 Å². The van der Waals surface area contributed by atoms with Gasteiger partial charge in [-0.3, -0.25) is 0 Å². The molecular weight excluding hydrogens is 384 g/mol. The van der Waals surface area contributed by atoms with Gasteiger partial charge in [-0.2, -0.15) is 0 Å². The second kappa shape index (κ2) is 9.72. The van der Waals surface area contributed by atoms with Gasteiger partial charge in [0.15, 0.2) is 0 Å². The lowest BCUT2D eigenvalue weighted by atomic mass is 10.0. The van der Waals surface area contributed by atoms with Crippen LogP contribution in [0.3, 0.4) is 0 Å². The maximum Gasteiger partial charge on any atom is 0.127 e. The van der Waals surface area contributed by atoms with Crippen molar-refractivity contribution >= 4 is 11.4 Å². The normalized spacial score (nSPS) is 10.6. The number of nitrogen functional groups attached to an aromatic ring is 2. The first-order valence-corrected chi connectivity index (χ1v) is 10.4. The summed E-state index contributed by atoms with van der Waals surface area (Å²) in [6.07, 6.45) is 3.12.